The molecule has 0 saturated carbocycles. The summed E-state index contributed by atoms with van der Waals surface area (Å²) in [6.07, 6.45) is 7.43. The highest BCUT2D eigenvalue weighted by Crippen LogP contribution is 2.41. The summed E-state index contributed by atoms with van der Waals surface area (Å²) in [5, 5.41) is 0. The van der Waals surface area contributed by atoms with Crippen molar-refractivity contribution in [1.29, 1.82) is 0 Å². The van der Waals surface area contributed by atoms with Gasteiger partial charge in [-0.2, -0.15) is 11.8 Å². The second kappa shape index (κ2) is 5.70. The van der Waals surface area contributed by atoms with E-state index in [0.29, 0.717) is 18.1 Å². The summed E-state index contributed by atoms with van der Waals surface area (Å²) >= 11 is 2.04. The van der Waals surface area contributed by atoms with Gasteiger partial charge >= 0.3 is 0 Å². The molecule has 0 amide bonds. The summed E-state index contributed by atoms with van der Waals surface area (Å²) in [4.78, 5) is 0. The molecule has 3 aliphatic heterocycles. The number of hydrogen-bond acceptors (Lipinski definition) is 4. The van der Waals surface area contributed by atoms with Crippen molar-refractivity contribution in [2.24, 2.45) is 11.7 Å². The molecule has 3 nitrogen and oxygen atoms in total. The highest BCUT2D eigenvalue weighted by atomic mass is 32.2. The van der Waals surface area contributed by atoms with Crippen LogP contribution in [0, 0.1) is 5.92 Å². The summed E-state index contributed by atoms with van der Waals surface area (Å²) in [6.45, 7) is 1.84. The molecule has 3 aliphatic rings. The van der Waals surface area contributed by atoms with Gasteiger partial charge in [-0.15, -0.1) is 0 Å². The monoisotopic (exact) mass is 271 g/mol. The SMILES string of the molecule is NC(CC1CCCO1)C1CCOC2(CCSC2)C1. The van der Waals surface area contributed by atoms with Crippen LogP contribution in [-0.2, 0) is 9.47 Å². The first-order chi connectivity index (χ1) is 8.77. The summed E-state index contributed by atoms with van der Waals surface area (Å²) in [5.41, 5.74) is 6.61. The molecular weight excluding hydrogens is 246 g/mol. The van der Waals surface area contributed by atoms with Crippen molar-refractivity contribution >= 4 is 11.8 Å². The molecule has 0 aromatic carbocycles. The van der Waals surface area contributed by atoms with Crippen LogP contribution in [0.1, 0.15) is 38.5 Å². The average Bonchev–Trinajstić information content (AvgIpc) is 3.02. The molecule has 2 N–H and O–H groups in total. The fourth-order valence-electron chi connectivity index (χ4n) is 3.62. The predicted molar refractivity (Wildman–Crippen MR) is 74.9 cm³/mol. The van der Waals surface area contributed by atoms with E-state index in [1.54, 1.807) is 0 Å². The van der Waals surface area contributed by atoms with E-state index in [1.807, 2.05) is 11.8 Å². The molecule has 4 atom stereocenters. The van der Waals surface area contributed by atoms with E-state index in [2.05, 4.69) is 0 Å². The zero-order valence-corrected chi connectivity index (χ0v) is 11.9. The summed E-state index contributed by atoms with van der Waals surface area (Å²) in [5.74, 6) is 3.07. The maximum absolute atomic E-state index is 6.44. The Morgan fingerprint density at radius 1 is 1.33 bits per heavy atom. The topological polar surface area (TPSA) is 44.5 Å². The van der Waals surface area contributed by atoms with Crippen LogP contribution < -0.4 is 5.73 Å². The van der Waals surface area contributed by atoms with Gasteiger partial charge in [0.05, 0.1) is 11.7 Å². The van der Waals surface area contributed by atoms with Crippen molar-refractivity contribution in [3.05, 3.63) is 0 Å². The Kier molecular flexibility index (Phi) is 4.18. The van der Waals surface area contributed by atoms with Gasteiger partial charge in [0, 0.05) is 25.0 Å². The molecule has 3 heterocycles. The van der Waals surface area contributed by atoms with Crippen LogP contribution in [0.15, 0.2) is 0 Å². The van der Waals surface area contributed by atoms with E-state index in [1.165, 1.54) is 37.2 Å². The molecule has 3 saturated heterocycles. The van der Waals surface area contributed by atoms with Crippen molar-refractivity contribution < 1.29 is 9.47 Å². The standard InChI is InChI=1S/C14H25NO2S/c15-13(8-12-2-1-5-16-12)11-3-6-17-14(9-11)4-7-18-10-14/h11-13H,1-10,15H2. The van der Waals surface area contributed by atoms with E-state index >= 15 is 0 Å². The van der Waals surface area contributed by atoms with Gasteiger partial charge in [-0.25, -0.2) is 0 Å². The lowest BCUT2D eigenvalue weighted by Gasteiger charge is -2.40. The summed E-state index contributed by atoms with van der Waals surface area (Å²) in [7, 11) is 0. The minimum absolute atomic E-state index is 0.168. The van der Waals surface area contributed by atoms with Crippen LogP contribution in [0.25, 0.3) is 0 Å². The van der Waals surface area contributed by atoms with E-state index in [-0.39, 0.29) is 5.60 Å². The Labute approximate surface area is 114 Å². The first-order valence-electron chi connectivity index (χ1n) is 7.36. The zero-order valence-electron chi connectivity index (χ0n) is 11.1. The van der Waals surface area contributed by atoms with Crippen molar-refractivity contribution in [3.8, 4) is 0 Å². The normalized spacial score (nSPS) is 42.5. The molecule has 0 aliphatic carbocycles. The maximum Gasteiger partial charge on any atom is 0.0783 e. The number of nitrogens with two attached hydrogens (primary N) is 1. The number of ether oxygens (including phenoxy) is 2. The second-order valence-corrected chi connectivity index (χ2v) is 7.23. The highest BCUT2D eigenvalue weighted by Gasteiger charge is 2.42. The van der Waals surface area contributed by atoms with Crippen LogP contribution in [0.5, 0.6) is 0 Å². The van der Waals surface area contributed by atoms with Gasteiger partial charge in [0.2, 0.25) is 0 Å². The van der Waals surface area contributed by atoms with Crippen LogP contribution in [0.4, 0.5) is 0 Å². The third kappa shape index (κ3) is 2.87. The average molecular weight is 271 g/mol. The lowest BCUT2D eigenvalue weighted by Crippen LogP contribution is -2.46. The quantitative estimate of drug-likeness (QED) is 0.854. The number of rotatable bonds is 3. The van der Waals surface area contributed by atoms with Crippen molar-refractivity contribution in [1.82, 2.24) is 0 Å². The van der Waals surface area contributed by atoms with Gasteiger partial charge in [-0.05, 0) is 50.2 Å². The smallest absolute Gasteiger partial charge is 0.0783 e. The fourth-order valence-corrected chi connectivity index (χ4v) is 5.00. The van der Waals surface area contributed by atoms with Gasteiger partial charge in [0.1, 0.15) is 0 Å². The van der Waals surface area contributed by atoms with Gasteiger partial charge in [-0.1, -0.05) is 0 Å². The Morgan fingerprint density at radius 2 is 2.28 bits per heavy atom. The van der Waals surface area contributed by atoms with Crippen LogP contribution >= 0.6 is 11.8 Å². The fraction of sp³-hybridized carbons (Fsp3) is 1.00. The summed E-state index contributed by atoms with van der Waals surface area (Å²) < 4.78 is 11.8. The van der Waals surface area contributed by atoms with Crippen LogP contribution in [0.3, 0.4) is 0 Å². The van der Waals surface area contributed by atoms with E-state index in [4.69, 9.17) is 15.2 Å². The van der Waals surface area contributed by atoms with Crippen LogP contribution in [0.2, 0.25) is 0 Å². The lowest BCUT2D eigenvalue weighted by atomic mass is 9.80. The van der Waals surface area contributed by atoms with Gasteiger partial charge < -0.3 is 15.2 Å². The molecule has 104 valence electrons. The van der Waals surface area contributed by atoms with E-state index < -0.39 is 0 Å². The molecular formula is C14H25NO2S. The first-order valence-corrected chi connectivity index (χ1v) is 8.52. The number of hydrogen-bond donors (Lipinski definition) is 1. The largest absolute Gasteiger partial charge is 0.378 e. The summed E-state index contributed by atoms with van der Waals surface area (Å²) in [6, 6.07) is 0.305. The molecule has 0 bridgehead atoms. The van der Waals surface area contributed by atoms with Crippen molar-refractivity contribution in [3.63, 3.8) is 0 Å². The molecule has 3 rings (SSSR count). The number of thioether (sulfide) groups is 1. The molecule has 0 radical (unpaired) electrons. The second-order valence-electron chi connectivity index (χ2n) is 6.12. The third-order valence-corrected chi connectivity index (χ3v) is 5.99. The van der Waals surface area contributed by atoms with Gasteiger partial charge in [0.25, 0.3) is 0 Å². The zero-order chi connectivity index (χ0) is 12.4. The minimum atomic E-state index is 0.168. The molecule has 4 unspecified atom stereocenters. The molecule has 4 heteroatoms. The Morgan fingerprint density at radius 3 is 3.00 bits per heavy atom. The predicted octanol–water partition coefficient (Wildman–Crippen LogP) is 2.19. The Balaban J connectivity index is 1.54. The maximum atomic E-state index is 6.44. The molecule has 3 fully saturated rings. The highest BCUT2D eigenvalue weighted by molar-refractivity contribution is 7.99. The van der Waals surface area contributed by atoms with Crippen molar-refractivity contribution in [2.45, 2.75) is 56.3 Å². The van der Waals surface area contributed by atoms with Gasteiger partial charge in [-0.3, -0.25) is 0 Å². The van der Waals surface area contributed by atoms with Gasteiger partial charge in [0.15, 0.2) is 0 Å². The Hall–Kier alpha value is 0.230. The van der Waals surface area contributed by atoms with E-state index in [9.17, 15) is 0 Å². The Bertz CT molecular complexity index is 275. The van der Waals surface area contributed by atoms with E-state index in [0.717, 1.165) is 26.1 Å². The third-order valence-electron chi connectivity index (χ3n) is 4.76. The molecule has 0 aromatic rings. The van der Waals surface area contributed by atoms with Crippen molar-refractivity contribution in [2.75, 3.05) is 24.7 Å². The molecule has 1 spiro atoms. The molecule has 0 aromatic heterocycles. The molecule has 18 heavy (non-hydrogen) atoms. The first kappa shape index (κ1) is 13.2. The minimum Gasteiger partial charge on any atom is -0.378 e. The van der Waals surface area contributed by atoms with Crippen LogP contribution in [-0.4, -0.2) is 42.5 Å². The lowest BCUT2D eigenvalue weighted by molar-refractivity contribution is -0.0852.